The van der Waals surface area contributed by atoms with Gasteiger partial charge in [0.15, 0.2) is 0 Å². The molecule has 1 aliphatic heterocycles. The molecule has 0 aromatic heterocycles. The molecule has 3 N–H and O–H groups in total. The molecule has 0 aromatic carbocycles. The van der Waals surface area contributed by atoms with Crippen molar-refractivity contribution >= 4 is 0 Å². The Hall–Kier alpha value is -0.0800. The van der Waals surface area contributed by atoms with Gasteiger partial charge in [-0.3, -0.25) is 0 Å². The summed E-state index contributed by atoms with van der Waals surface area (Å²) in [6, 6.07) is 0.546. The molecule has 0 aromatic rings. The van der Waals surface area contributed by atoms with Crippen molar-refractivity contribution in [2.75, 3.05) is 13.1 Å². The van der Waals surface area contributed by atoms with E-state index in [1.54, 1.807) is 0 Å². The van der Waals surface area contributed by atoms with Crippen LogP contribution < -0.4 is 11.1 Å². The molecular formula is C9H20N2. The van der Waals surface area contributed by atoms with E-state index in [0.29, 0.717) is 6.04 Å². The van der Waals surface area contributed by atoms with Crippen LogP contribution in [0, 0.1) is 0 Å². The predicted molar refractivity (Wildman–Crippen MR) is 48.5 cm³/mol. The van der Waals surface area contributed by atoms with Crippen LogP contribution in [0.25, 0.3) is 0 Å². The molecule has 1 saturated heterocycles. The fourth-order valence-corrected chi connectivity index (χ4v) is 1.58. The Balaban J connectivity index is 0.000000112. The molecule has 2 heteroatoms. The molecule has 0 spiro atoms. The smallest absolute Gasteiger partial charge is 0.00388 e. The first-order valence-corrected chi connectivity index (χ1v) is 4.86. The van der Waals surface area contributed by atoms with Crippen LogP contribution in [-0.4, -0.2) is 19.1 Å². The molecule has 0 unspecified atom stereocenters. The van der Waals surface area contributed by atoms with Gasteiger partial charge in [0.05, 0.1) is 0 Å². The Morgan fingerprint density at radius 3 is 1.64 bits per heavy atom. The van der Waals surface area contributed by atoms with Crippen molar-refractivity contribution in [1.82, 2.24) is 5.32 Å². The Labute approximate surface area is 69.5 Å². The maximum Gasteiger partial charge on any atom is 0.00388 e. The summed E-state index contributed by atoms with van der Waals surface area (Å²) in [6.07, 6.45) is 8.03. The Morgan fingerprint density at radius 1 is 0.909 bits per heavy atom. The highest BCUT2D eigenvalue weighted by Gasteiger charge is 2.07. The number of hydrogen-bond donors (Lipinski definition) is 2. The third kappa shape index (κ3) is 4.38. The van der Waals surface area contributed by atoms with Crippen LogP contribution in [0.5, 0.6) is 0 Å². The fourth-order valence-electron chi connectivity index (χ4n) is 1.58. The summed E-state index contributed by atoms with van der Waals surface area (Å²) in [5.41, 5.74) is 5.53. The van der Waals surface area contributed by atoms with Gasteiger partial charge in [0, 0.05) is 6.04 Å². The van der Waals surface area contributed by atoms with Crippen molar-refractivity contribution in [1.29, 1.82) is 0 Å². The quantitative estimate of drug-likeness (QED) is 0.554. The minimum Gasteiger partial charge on any atom is -0.328 e. The summed E-state index contributed by atoms with van der Waals surface area (Å²) >= 11 is 0. The Bertz CT molecular complexity index is 76.0. The highest BCUT2D eigenvalue weighted by atomic mass is 14.9. The van der Waals surface area contributed by atoms with Gasteiger partial charge in [0.2, 0.25) is 0 Å². The lowest BCUT2D eigenvalue weighted by Gasteiger charge is -1.92. The first-order chi connectivity index (χ1) is 5.39. The van der Waals surface area contributed by atoms with E-state index in [0.717, 1.165) is 0 Å². The Kier molecular flexibility index (Phi) is 4.55. The van der Waals surface area contributed by atoms with Gasteiger partial charge < -0.3 is 11.1 Å². The average Bonchev–Trinajstić information content (AvgIpc) is 2.57. The van der Waals surface area contributed by atoms with Gasteiger partial charge in [0.25, 0.3) is 0 Å². The van der Waals surface area contributed by atoms with E-state index < -0.39 is 0 Å². The van der Waals surface area contributed by atoms with E-state index in [2.05, 4.69) is 5.32 Å². The summed E-state index contributed by atoms with van der Waals surface area (Å²) in [6.45, 7) is 2.50. The van der Waals surface area contributed by atoms with E-state index >= 15 is 0 Å². The maximum absolute atomic E-state index is 5.53. The first kappa shape index (κ1) is 9.01. The zero-order valence-corrected chi connectivity index (χ0v) is 7.31. The molecule has 0 amide bonds. The van der Waals surface area contributed by atoms with E-state index in [4.69, 9.17) is 5.73 Å². The number of nitrogens with two attached hydrogens (primary N) is 1. The third-order valence-electron chi connectivity index (χ3n) is 2.36. The van der Waals surface area contributed by atoms with Crippen molar-refractivity contribution in [3.63, 3.8) is 0 Å². The van der Waals surface area contributed by atoms with Gasteiger partial charge in [-0.05, 0) is 38.8 Å². The van der Waals surface area contributed by atoms with E-state index in [9.17, 15) is 0 Å². The zero-order chi connectivity index (χ0) is 7.94. The minimum atomic E-state index is 0.546. The molecule has 1 saturated carbocycles. The van der Waals surface area contributed by atoms with Gasteiger partial charge >= 0.3 is 0 Å². The molecule has 11 heavy (non-hydrogen) atoms. The van der Waals surface area contributed by atoms with Crippen LogP contribution in [-0.2, 0) is 0 Å². The molecule has 1 aliphatic carbocycles. The molecule has 66 valence electrons. The predicted octanol–water partition coefficient (Wildman–Crippen LogP) is 1.26. The molecule has 2 aliphatic rings. The van der Waals surface area contributed by atoms with E-state index in [1.165, 1.54) is 51.6 Å². The summed E-state index contributed by atoms with van der Waals surface area (Å²) in [5.74, 6) is 0. The second kappa shape index (κ2) is 5.56. The second-order valence-electron chi connectivity index (χ2n) is 3.50. The van der Waals surface area contributed by atoms with Crippen LogP contribution in [0.1, 0.15) is 38.5 Å². The lowest BCUT2D eigenvalue weighted by molar-refractivity contribution is 0.704. The lowest BCUT2D eigenvalue weighted by Crippen LogP contribution is -2.13. The van der Waals surface area contributed by atoms with Crippen LogP contribution in [0.2, 0.25) is 0 Å². The van der Waals surface area contributed by atoms with Crippen molar-refractivity contribution < 1.29 is 0 Å². The monoisotopic (exact) mass is 156 g/mol. The molecule has 2 nitrogen and oxygen atoms in total. The fraction of sp³-hybridized carbons (Fsp3) is 1.00. The highest BCUT2D eigenvalue weighted by Crippen LogP contribution is 2.14. The molecule has 1 heterocycles. The maximum atomic E-state index is 5.53. The van der Waals surface area contributed by atoms with Gasteiger partial charge in [-0.25, -0.2) is 0 Å². The topological polar surface area (TPSA) is 38.0 Å². The molecule has 2 fully saturated rings. The van der Waals surface area contributed by atoms with Crippen LogP contribution in [0.4, 0.5) is 0 Å². The van der Waals surface area contributed by atoms with Crippen LogP contribution in [0.15, 0.2) is 0 Å². The van der Waals surface area contributed by atoms with Crippen LogP contribution >= 0.6 is 0 Å². The van der Waals surface area contributed by atoms with E-state index in [-0.39, 0.29) is 0 Å². The van der Waals surface area contributed by atoms with Crippen LogP contribution in [0.3, 0.4) is 0 Å². The highest BCUT2D eigenvalue weighted by molar-refractivity contribution is 4.67. The summed E-state index contributed by atoms with van der Waals surface area (Å²) < 4.78 is 0. The van der Waals surface area contributed by atoms with Gasteiger partial charge in [-0.2, -0.15) is 0 Å². The number of rotatable bonds is 0. The molecule has 0 bridgehead atoms. The zero-order valence-electron chi connectivity index (χ0n) is 7.31. The summed E-state index contributed by atoms with van der Waals surface area (Å²) in [5, 5.41) is 3.22. The first-order valence-electron chi connectivity index (χ1n) is 4.86. The van der Waals surface area contributed by atoms with Crippen molar-refractivity contribution in [3.05, 3.63) is 0 Å². The summed E-state index contributed by atoms with van der Waals surface area (Å²) in [4.78, 5) is 0. The number of nitrogens with one attached hydrogen (secondary N) is 1. The second-order valence-corrected chi connectivity index (χ2v) is 3.50. The lowest BCUT2D eigenvalue weighted by atomic mass is 10.3. The third-order valence-corrected chi connectivity index (χ3v) is 2.36. The van der Waals surface area contributed by atoms with Gasteiger partial charge in [-0.15, -0.1) is 0 Å². The normalized spacial score (nSPS) is 24.8. The van der Waals surface area contributed by atoms with Crippen molar-refractivity contribution in [2.45, 2.75) is 44.6 Å². The number of hydrogen-bond acceptors (Lipinski definition) is 2. The SMILES string of the molecule is C1CCNC1.NC1CCCC1. The molecule has 0 atom stereocenters. The van der Waals surface area contributed by atoms with E-state index in [1.807, 2.05) is 0 Å². The largest absolute Gasteiger partial charge is 0.328 e. The van der Waals surface area contributed by atoms with Gasteiger partial charge in [-0.1, -0.05) is 12.8 Å². The molecular weight excluding hydrogens is 136 g/mol. The minimum absolute atomic E-state index is 0.546. The average molecular weight is 156 g/mol. The standard InChI is InChI=1S/C5H11N.C4H9N/c6-5-3-1-2-4-5;1-2-4-5-3-1/h5H,1-4,6H2;5H,1-4H2. The van der Waals surface area contributed by atoms with Crippen molar-refractivity contribution in [2.24, 2.45) is 5.73 Å². The van der Waals surface area contributed by atoms with Crippen molar-refractivity contribution in [3.8, 4) is 0 Å². The summed E-state index contributed by atoms with van der Waals surface area (Å²) in [7, 11) is 0. The van der Waals surface area contributed by atoms with Gasteiger partial charge in [0.1, 0.15) is 0 Å². The Morgan fingerprint density at radius 2 is 1.45 bits per heavy atom. The molecule has 2 rings (SSSR count). The molecule has 0 radical (unpaired) electrons.